The van der Waals surface area contributed by atoms with Gasteiger partial charge in [-0.05, 0) is 30.7 Å². The van der Waals surface area contributed by atoms with Crippen LogP contribution < -0.4 is 17.0 Å². The zero-order valence-electron chi connectivity index (χ0n) is 8.66. The van der Waals surface area contributed by atoms with Gasteiger partial charge in [-0.2, -0.15) is 0 Å². The van der Waals surface area contributed by atoms with Crippen LogP contribution >= 0.6 is 15.9 Å². The van der Waals surface area contributed by atoms with E-state index in [-0.39, 0.29) is 6.04 Å². The van der Waals surface area contributed by atoms with Crippen molar-refractivity contribution in [1.29, 1.82) is 0 Å². The average Bonchev–Trinajstić information content (AvgIpc) is 2.24. The summed E-state index contributed by atoms with van der Waals surface area (Å²) >= 11 is 3.40. The average molecular weight is 274 g/mol. The quantitative estimate of drug-likeness (QED) is 0.433. The Morgan fingerprint density at radius 2 is 2.27 bits per heavy atom. The zero-order chi connectivity index (χ0) is 11.3. The van der Waals surface area contributed by atoms with Crippen LogP contribution in [0, 0.1) is 0 Å². The maximum atomic E-state index is 5.87. The molecule has 1 aromatic carbocycles. The van der Waals surface area contributed by atoms with E-state index >= 15 is 0 Å². The molecule has 1 rings (SSSR count). The number of nitrogens with one attached hydrogen (secondary N) is 1. The van der Waals surface area contributed by atoms with E-state index in [4.69, 9.17) is 16.3 Å². The lowest BCUT2D eigenvalue weighted by atomic mass is 10.1. The van der Waals surface area contributed by atoms with Crippen molar-refractivity contribution >= 4 is 21.6 Å². The zero-order valence-corrected chi connectivity index (χ0v) is 10.3. The molecular formula is C10H16BrN3O. The molecule has 0 aliphatic heterocycles. The fourth-order valence-electron chi connectivity index (χ4n) is 1.31. The van der Waals surface area contributed by atoms with Gasteiger partial charge in [-0.15, -0.1) is 0 Å². The highest BCUT2D eigenvalue weighted by atomic mass is 79.9. The summed E-state index contributed by atoms with van der Waals surface area (Å²) in [7, 11) is 0. The molecule has 0 heterocycles. The second-order valence-electron chi connectivity index (χ2n) is 3.15. The van der Waals surface area contributed by atoms with E-state index in [0.717, 1.165) is 10.0 Å². The van der Waals surface area contributed by atoms with E-state index < -0.39 is 0 Å². The van der Waals surface area contributed by atoms with Crippen LogP contribution in [0.15, 0.2) is 22.7 Å². The number of nitrogens with two attached hydrogens (primary N) is 2. The summed E-state index contributed by atoms with van der Waals surface area (Å²) in [6, 6.07) is 5.60. The van der Waals surface area contributed by atoms with Gasteiger partial charge in [0, 0.05) is 16.8 Å². The third-order valence-electron chi connectivity index (χ3n) is 2.11. The summed E-state index contributed by atoms with van der Waals surface area (Å²) in [5.41, 5.74) is 10.2. The number of hydrazine groups is 1. The normalized spacial score (nSPS) is 12.7. The minimum Gasteiger partial charge on any atom is -0.398 e. The maximum absolute atomic E-state index is 5.87. The second kappa shape index (κ2) is 6.07. The number of nitrogen functional groups attached to an aromatic ring is 1. The van der Waals surface area contributed by atoms with Crippen molar-refractivity contribution in [1.82, 2.24) is 5.43 Å². The minimum atomic E-state index is -0.0811. The van der Waals surface area contributed by atoms with Gasteiger partial charge in [0.15, 0.2) is 0 Å². The third kappa shape index (κ3) is 3.46. The number of benzene rings is 1. The summed E-state index contributed by atoms with van der Waals surface area (Å²) in [6.07, 6.45) is 0. The van der Waals surface area contributed by atoms with Crippen LogP contribution in [0.4, 0.5) is 5.69 Å². The largest absolute Gasteiger partial charge is 0.398 e. The van der Waals surface area contributed by atoms with Crippen LogP contribution in [0.1, 0.15) is 18.5 Å². The summed E-state index contributed by atoms with van der Waals surface area (Å²) in [5, 5.41) is 0. The lowest BCUT2D eigenvalue weighted by Crippen LogP contribution is -2.32. The summed E-state index contributed by atoms with van der Waals surface area (Å²) in [6.45, 7) is 3.11. The Labute approximate surface area is 98.1 Å². The van der Waals surface area contributed by atoms with Crippen LogP contribution in [0.2, 0.25) is 0 Å². The monoisotopic (exact) mass is 273 g/mol. The molecule has 1 unspecified atom stereocenters. The molecule has 0 saturated heterocycles. The Morgan fingerprint density at radius 3 is 2.87 bits per heavy atom. The first-order chi connectivity index (χ1) is 7.19. The number of anilines is 1. The molecule has 0 aromatic heterocycles. The molecule has 0 fully saturated rings. The molecule has 0 saturated carbocycles. The first-order valence-electron chi connectivity index (χ1n) is 4.77. The van der Waals surface area contributed by atoms with Gasteiger partial charge in [0.1, 0.15) is 0 Å². The first-order valence-corrected chi connectivity index (χ1v) is 5.57. The van der Waals surface area contributed by atoms with Gasteiger partial charge in [-0.1, -0.05) is 15.9 Å². The van der Waals surface area contributed by atoms with Crippen LogP contribution in [-0.2, 0) is 4.74 Å². The van der Waals surface area contributed by atoms with Crippen molar-refractivity contribution < 1.29 is 4.74 Å². The molecule has 1 aromatic rings. The highest BCUT2D eigenvalue weighted by molar-refractivity contribution is 9.10. The predicted molar refractivity (Wildman–Crippen MR) is 65.1 cm³/mol. The fraction of sp³-hybridized carbons (Fsp3) is 0.400. The van der Waals surface area contributed by atoms with E-state index in [1.165, 1.54) is 0 Å². The molecular weight excluding hydrogens is 258 g/mol. The van der Waals surface area contributed by atoms with E-state index in [2.05, 4.69) is 21.4 Å². The molecule has 84 valence electrons. The summed E-state index contributed by atoms with van der Waals surface area (Å²) < 4.78 is 6.30. The van der Waals surface area contributed by atoms with E-state index in [0.29, 0.717) is 18.9 Å². The van der Waals surface area contributed by atoms with Crippen molar-refractivity contribution in [2.75, 3.05) is 18.9 Å². The highest BCUT2D eigenvalue weighted by Crippen LogP contribution is 2.24. The summed E-state index contributed by atoms with van der Waals surface area (Å²) in [4.78, 5) is 0. The first kappa shape index (κ1) is 12.4. The van der Waals surface area contributed by atoms with E-state index in [1.807, 2.05) is 25.1 Å². The van der Waals surface area contributed by atoms with Crippen molar-refractivity contribution in [2.24, 2.45) is 5.84 Å². The van der Waals surface area contributed by atoms with Gasteiger partial charge < -0.3 is 10.5 Å². The maximum Gasteiger partial charge on any atom is 0.0714 e. The number of ether oxygens (including phenoxy) is 1. The summed E-state index contributed by atoms with van der Waals surface area (Å²) in [5.74, 6) is 5.46. The number of hydrogen-bond acceptors (Lipinski definition) is 4. The Morgan fingerprint density at radius 1 is 1.53 bits per heavy atom. The molecule has 0 bridgehead atoms. The smallest absolute Gasteiger partial charge is 0.0714 e. The Kier molecular flexibility index (Phi) is 5.04. The van der Waals surface area contributed by atoms with E-state index in [1.54, 1.807) is 0 Å². The Bertz CT molecular complexity index is 320. The van der Waals surface area contributed by atoms with Gasteiger partial charge in [0.2, 0.25) is 0 Å². The second-order valence-corrected chi connectivity index (χ2v) is 4.07. The Hall–Kier alpha value is -0.620. The number of rotatable bonds is 5. The van der Waals surface area contributed by atoms with Crippen LogP contribution in [0.3, 0.4) is 0 Å². The Balaban J connectivity index is 2.85. The fourth-order valence-corrected chi connectivity index (χ4v) is 1.69. The predicted octanol–water partition coefficient (Wildman–Crippen LogP) is 1.57. The molecule has 5 heteroatoms. The van der Waals surface area contributed by atoms with E-state index in [9.17, 15) is 0 Å². The molecule has 0 radical (unpaired) electrons. The number of halogens is 1. The van der Waals surface area contributed by atoms with Gasteiger partial charge in [0.05, 0.1) is 12.6 Å². The van der Waals surface area contributed by atoms with Gasteiger partial charge >= 0.3 is 0 Å². The minimum absolute atomic E-state index is 0.0811. The third-order valence-corrected chi connectivity index (χ3v) is 2.61. The van der Waals surface area contributed by atoms with Gasteiger partial charge in [0.25, 0.3) is 0 Å². The number of hydrogen-bond donors (Lipinski definition) is 3. The van der Waals surface area contributed by atoms with Crippen molar-refractivity contribution in [3.05, 3.63) is 28.2 Å². The molecule has 4 nitrogen and oxygen atoms in total. The molecule has 0 aliphatic carbocycles. The van der Waals surface area contributed by atoms with Crippen LogP contribution in [-0.4, -0.2) is 13.2 Å². The molecule has 1 atom stereocenters. The highest BCUT2D eigenvalue weighted by Gasteiger charge is 2.12. The van der Waals surface area contributed by atoms with Crippen molar-refractivity contribution in [3.8, 4) is 0 Å². The molecule has 0 aliphatic rings. The van der Waals surface area contributed by atoms with Crippen LogP contribution in [0.25, 0.3) is 0 Å². The lowest BCUT2D eigenvalue weighted by molar-refractivity contribution is 0.123. The molecule has 0 spiro atoms. The van der Waals surface area contributed by atoms with Crippen molar-refractivity contribution in [3.63, 3.8) is 0 Å². The molecule has 15 heavy (non-hydrogen) atoms. The topological polar surface area (TPSA) is 73.3 Å². The lowest BCUT2D eigenvalue weighted by Gasteiger charge is -2.18. The molecule has 5 N–H and O–H groups in total. The standard InChI is InChI=1S/C10H16BrN3O/c1-2-15-6-10(14-13)8-5-7(11)3-4-9(8)12/h3-5,10,14H,2,6,12-13H2,1H3. The SMILES string of the molecule is CCOCC(NN)c1cc(Br)ccc1N. The van der Waals surface area contributed by atoms with Gasteiger partial charge in [-0.3, -0.25) is 11.3 Å². The van der Waals surface area contributed by atoms with Crippen molar-refractivity contribution in [2.45, 2.75) is 13.0 Å². The van der Waals surface area contributed by atoms with Crippen LogP contribution in [0.5, 0.6) is 0 Å². The molecule has 0 amide bonds. The van der Waals surface area contributed by atoms with Gasteiger partial charge in [-0.25, -0.2) is 0 Å².